The zero-order valence-electron chi connectivity index (χ0n) is 14.3. The van der Waals surface area contributed by atoms with Crippen LogP contribution in [0.4, 0.5) is 0 Å². The zero-order valence-corrected chi connectivity index (χ0v) is 15.1. The molecule has 0 atom stereocenters. The highest BCUT2D eigenvalue weighted by Gasteiger charge is 2.24. The number of aromatic nitrogens is 3. The Bertz CT molecular complexity index is 796. The van der Waals surface area contributed by atoms with E-state index in [1.807, 2.05) is 18.3 Å². The summed E-state index contributed by atoms with van der Waals surface area (Å²) < 4.78 is 0. The zero-order chi connectivity index (χ0) is 17.2. The van der Waals surface area contributed by atoms with Gasteiger partial charge < -0.3 is 4.98 Å². The van der Waals surface area contributed by atoms with E-state index < -0.39 is 0 Å². The van der Waals surface area contributed by atoms with Crippen LogP contribution >= 0.6 is 11.6 Å². The number of H-pyrrole nitrogens is 1. The van der Waals surface area contributed by atoms with Crippen LogP contribution in [-0.4, -0.2) is 26.4 Å². The highest BCUT2D eigenvalue weighted by atomic mass is 35.5. The normalized spacial score (nSPS) is 18.9. The minimum Gasteiger partial charge on any atom is -0.310 e. The summed E-state index contributed by atoms with van der Waals surface area (Å²) >= 11 is 5.86. The summed E-state index contributed by atoms with van der Waals surface area (Å²) in [6, 6.07) is 3.82. The van der Waals surface area contributed by atoms with E-state index in [-0.39, 0.29) is 5.56 Å². The summed E-state index contributed by atoms with van der Waals surface area (Å²) in [5, 5.41) is 0.512. The summed E-state index contributed by atoms with van der Waals surface area (Å²) in [5.41, 5.74) is 3.02. The minimum atomic E-state index is 0.0679. The smallest absolute Gasteiger partial charge is 0.254 e. The van der Waals surface area contributed by atoms with Gasteiger partial charge in [0, 0.05) is 37.3 Å². The van der Waals surface area contributed by atoms with Gasteiger partial charge in [0.05, 0.1) is 5.69 Å². The van der Waals surface area contributed by atoms with Gasteiger partial charge in [-0.15, -0.1) is 0 Å². The SMILES string of the molecule is O=c1[nH]c(C2CCCCC2)nc2c1CCN(Cc1ccc(Cl)nc1)C2. The third kappa shape index (κ3) is 3.77. The lowest BCUT2D eigenvalue weighted by molar-refractivity contribution is 0.239. The second-order valence-electron chi connectivity index (χ2n) is 7.16. The van der Waals surface area contributed by atoms with Crippen LogP contribution in [0.5, 0.6) is 0 Å². The van der Waals surface area contributed by atoms with E-state index >= 15 is 0 Å². The van der Waals surface area contributed by atoms with Crippen LogP contribution in [0.1, 0.15) is 60.7 Å². The summed E-state index contributed by atoms with van der Waals surface area (Å²) in [7, 11) is 0. The number of halogens is 1. The molecule has 1 N–H and O–H groups in total. The van der Waals surface area contributed by atoms with E-state index in [1.165, 1.54) is 19.3 Å². The van der Waals surface area contributed by atoms with E-state index in [9.17, 15) is 4.79 Å². The van der Waals surface area contributed by atoms with Crippen molar-refractivity contribution < 1.29 is 0 Å². The van der Waals surface area contributed by atoms with E-state index in [4.69, 9.17) is 16.6 Å². The van der Waals surface area contributed by atoms with E-state index in [0.29, 0.717) is 11.1 Å². The van der Waals surface area contributed by atoms with Crippen LogP contribution in [-0.2, 0) is 19.5 Å². The molecule has 5 nitrogen and oxygen atoms in total. The minimum absolute atomic E-state index is 0.0679. The van der Waals surface area contributed by atoms with Crippen LogP contribution in [0, 0.1) is 0 Å². The van der Waals surface area contributed by atoms with Crippen molar-refractivity contribution in [3.05, 3.63) is 56.5 Å². The Morgan fingerprint density at radius 2 is 2.08 bits per heavy atom. The molecule has 6 heteroatoms. The Morgan fingerprint density at radius 3 is 2.84 bits per heavy atom. The molecule has 25 heavy (non-hydrogen) atoms. The van der Waals surface area contributed by atoms with Crippen molar-refractivity contribution in [3.63, 3.8) is 0 Å². The highest BCUT2D eigenvalue weighted by molar-refractivity contribution is 6.29. The predicted octanol–water partition coefficient (Wildman–Crippen LogP) is 3.42. The van der Waals surface area contributed by atoms with Crippen LogP contribution in [0.3, 0.4) is 0 Å². The third-order valence-electron chi connectivity index (χ3n) is 5.36. The Labute approximate surface area is 152 Å². The van der Waals surface area contributed by atoms with E-state index in [1.54, 1.807) is 0 Å². The van der Waals surface area contributed by atoms with Gasteiger partial charge in [0.25, 0.3) is 5.56 Å². The quantitative estimate of drug-likeness (QED) is 0.854. The molecule has 1 fully saturated rings. The van der Waals surface area contributed by atoms with Crippen molar-refractivity contribution in [2.75, 3.05) is 6.54 Å². The maximum Gasteiger partial charge on any atom is 0.254 e. The molecule has 0 unspecified atom stereocenters. The molecular weight excluding hydrogens is 336 g/mol. The summed E-state index contributed by atoms with van der Waals surface area (Å²) in [6.45, 7) is 2.39. The Balaban J connectivity index is 1.53. The van der Waals surface area contributed by atoms with Gasteiger partial charge in [-0.2, -0.15) is 0 Å². The van der Waals surface area contributed by atoms with Gasteiger partial charge >= 0.3 is 0 Å². The Kier molecular flexibility index (Phi) is 4.86. The summed E-state index contributed by atoms with van der Waals surface area (Å²) in [4.78, 5) is 26.9. The average Bonchev–Trinajstić information content (AvgIpc) is 2.64. The molecule has 4 rings (SSSR count). The molecule has 2 aliphatic rings. The first-order valence-electron chi connectivity index (χ1n) is 9.14. The second kappa shape index (κ2) is 7.26. The predicted molar refractivity (Wildman–Crippen MR) is 97.7 cm³/mol. The molecule has 0 saturated heterocycles. The first-order chi connectivity index (χ1) is 12.2. The van der Waals surface area contributed by atoms with Gasteiger partial charge in [0.2, 0.25) is 0 Å². The maximum absolute atomic E-state index is 12.5. The van der Waals surface area contributed by atoms with Gasteiger partial charge in [-0.3, -0.25) is 9.69 Å². The van der Waals surface area contributed by atoms with Crippen LogP contribution < -0.4 is 5.56 Å². The number of nitrogens with zero attached hydrogens (tertiary/aromatic N) is 3. The van der Waals surface area contributed by atoms with Crippen LogP contribution in [0.2, 0.25) is 5.15 Å². The van der Waals surface area contributed by atoms with Gasteiger partial charge in [-0.1, -0.05) is 36.9 Å². The molecular formula is C19H23ClN4O. The molecule has 2 aromatic heterocycles. The monoisotopic (exact) mass is 358 g/mol. The molecule has 0 spiro atoms. The number of rotatable bonds is 3. The number of nitrogens with one attached hydrogen (secondary N) is 1. The fraction of sp³-hybridized carbons (Fsp3) is 0.526. The fourth-order valence-corrected chi connectivity index (χ4v) is 4.09. The van der Waals surface area contributed by atoms with Crippen molar-refractivity contribution >= 4 is 11.6 Å². The standard InChI is InChI=1S/C19H23ClN4O/c20-17-7-6-13(10-21-17)11-24-9-8-15-16(12-24)22-18(23-19(15)25)14-4-2-1-3-5-14/h6-7,10,14H,1-5,8-9,11-12H2,(H,22,23,25). The van der Waals surface area contributed by atoms with Crippen molar-refractivity contribution in [1.29, 1.82) is 0 Å². The molecule has 0 bridgehead atoms. The topological polar surface area (TPSA) is 61.9 Å². The van der Waals surface area contributed by atoms with Crippen LogP contribution in [0.15, 0.2) is 23.1 Å². The van der Waals surface area contributed by atoms with Gasteiger partial charge in [0.1, 0.15) is 11.0 Å². The Hall–Kier alpha value is -1.72. The van der Waals surface area contributed by atoms with Gasteiger partial charge in [-0.05, 0) is 30.9 Å². The van der Waals surface area contributed by atoms with Gasteiger partial charge in [0.15, 0.2) is 0 Å². The van der Waals surface area contributed by atoms with E-state index in [2.05, 4.69) is 14.9 Å². The average molecular weight is 359 g/mol. The molecule has 0 radical (unpaired) electrons. The number of hydrogen-bond acceptors (Lipinski definition) is 4. The molecule has 0 amide bonds. The first-order valence-corrected chi connectivity index (χ1v) is 9.51. The summed E-state index contributed by atoms with van der Waals surface area (Å²) in [5.74, 6) is 1.32. The Morgan fingerprint density at radius 1 is 1.24 bits per heavy atom. The van der Waals surface area contributed by atoms with Crippen molar-refractivity contribution in [3.8, 4) is 0 Å². The molecule has 1 aliphatic carbocycles. The lowest BCUT2D eigenvalue weighted by atomic mass is 9.88. The molecule has 3 heterocycles. The number of fused-ring (bicyclic) bond motifs is 1. The first kappa shape index (κ1) is 16.7. The largest absolute Gasteiger partial charge is 0.310 e. The fourth-order valence-electron chi connectivity index (χ4n) is 3.98. The number of hydrogen-bond donors (Lipinski definition) is 1. The van der Waals surface area contributed by atoms with Crippen LogP contribution in [0.25, 0.3) is 0 Å². The lowest BCUT2D eigenvalue weighted by Crippen LogP contribution is -2.35. The molecule has 0 aromatic carbocycles. The van der Waals surface area contributed by atoms with E-state index in [0.717, 1.165) is 61.5 Å². The molecule has 1 aliphatic heterocycles. The second-order valence-corrected chi connectivity index (χ2v) is 7.55. The highest BCUT2D eigenvalue weighted by Crippen LogP contribution is 2.30. The van der Waals surface area contributed by atoms with Crippen molar-refractivity contribution in [2.45, 2.75) is 57.5 Å². The number of pyridine rings is 1. The third-order valence-corrected chi connectivity index (χ3v) is 5.58. The number of aromatic amines is 1. The summed E-state index contributed by atoms with van der Waals surface area (Å²) in [6.07, 6.45) is 8.63. The molecule has 1 saturated carbocycles. The maximum atomic E-state index is 12.5. The molecule has 2 aromatic rings. The molecule has 132 valence electrons. The van der Waals surface area contributed by atoms with Crippen molar-refractivity contribution in [1.82, 2.24) is 19.9 Å². The van der Waals surface area contributed by atoms with Crippen molar-refractivity contribution in [2.24, 2.45) is 0 Å². The van der Waals surface area contributed by atoms with Gasteiger partial charge in [-0.25, -0.2) is 9.97 Å². The lowest BCUT2D eigenvalue weighted by Gasteiger charge is -2.29.